The van der Waals surface area contributed by atoms with Gasteiger partial charge >= 0.3 is 8.80 Å². The number of aryl methyl sites for hydroxylation is 1. The summed E-state index contributed by atoms with van der Waals surface area (Å²) in [6, 6.07) is 6.75. The van der Waals surface area contributed by atoms with E-state index < -0.39 is 8.80 Å². The van der Waals surface area contributed by atoms with Gasteiger partial charge in [0.15, 0.2) is 18.9 Å². The number of rotatable bonds is 6. The molecule has 0 aliphatic heterocycles. The molecule has 0 amide bonds. The lowest BCUT2D eigenvalue weighted by molar-refractivity contribution is -0.693. The van der Waals surface area contributed by atoms with Crippen molar-refractivity contribution in [1.29, 1.82) is 0 Å². The molecule has 1 heterocycles. The lowest BCUT2D eigenvalue weighted by atomic mass is 10.5. The van der Waals surface area contributed by atoms with Gasteiger partial charge in [0, 0.05) is 33.5 Å². The first-order valence-electron chi connectivity index (χ1n) is 4.86. The molecule has 0 atom stereocenters. The van der Waals surface area contributed by atoms with Crippen molar-refractivity contribution < 1.29 is 17.8 Å². The first kappa shape index (κ1) is 12.3. The number of aromatic nitrogens is 1. The highest BCUT2D eigenvalue weighted by Gasteiger charge is 2.38. The van der Waals surface area contributed by atoms with Crippen molar-refractivity contribution in [2.75, 3.05) is 21.3 Å². The van der Waals surface area contributed by atoms with E-state index in [1.54, 1.807) is 21.3 Å². The van der Waals surface area contributed by atoms with Gasteiger partial charge < -0.3 is 13.3 Å². The molecule has 0 saturated carbocycles. The van der Waals surface area contributed by atoms with Gasteiger partial charge in [-0.25, -0.2) is 4.57 Å². The van der Waals surface area contributed by atoms with Crippen molar-refractivity contribution in [3.05, 3.63) is 30.6 Å². The van der Waals surface area contributed by atoms with Crippen LogP contribution in [0.25, 0.3) is 0 Å². The zero-order valence-corrected chi connectivity index (χ0v) is 10.5. The van der Waals surface area contributed by atoms with E-state index in [4.69, 9.17) is 13.3 Å². The third-order valence-electron chi connectivity index (χ3n) is 2.39. The monoisotopic (exact) mass is 228 g/mol. The fraction of sp³-hybridized carbons (Fsp3) is 0.500. The molecule has 0 bridgehead atoms. The van der Waals surface area contributed by atoms with Gasteiger partial charge in [0.25, 0.3) is 0 Å². The molecule has 15 heavy (non-hydrogen) atoms. The van der Waals surface area contributed by atoms with Gasteiger partial charge in [-0.3, -0.25) is 0 Å². The second kappa shape index (κ2) is 5.97. The summed E-state index contributed by atoms with van der Waals surface area (Å²) < 4.78 is 18.1. The van der Waals surface area contributed by atoms with E-state index in [1.165, 1.54) is 0 Å². The van der Waals surface area contributed by atoms with Crippen molar-refractivity contribution in [3.8, 4) is 0 Å². The largest absolute Gasteiger partial charge is 0.506 e. The Morgan fingerprint density at radius 3 is 1.93 bits per heavy atom. The van der Waals surface area contributed by atoms with Crippen molar-refractivity contribution in [3.63, 3.8) is 0 Å². The van der Waals surface area contributed by atoms with E-state index in [0.717, 1.165) is 12.6 Å². The van der Waals surface area contributed by atoms with E-state index >= 15 is 0 Å². The topological polar surface area (TPSA) is 31.6 Å². The number of pyridine rings is 1. The van der Waals surface area contributed by atoms with E-state index in [-0.39, 0.29) is 0 Å². The van der Waals surface area contributed by atoms with Gasteiger partial charge in [0.2, 0.25) is 0 Å². The van der Waals surface area contributed by atoms with Crippen molar-refractivity contribution in [2.45, 2.75) is 12.6 Å². The van der Waals surface area contributed by atoms with E-state index in [1.807, 2.05) is 30.6 Å². The molecule has 1 rings (SSSR count). The Morgan fingerprint density at radius 2 is 1.47 bits per heavy atom. The Bertz CT molecular complexity index is 269. The summed E-state index contributed by atoms with van der Waals surface area (Å²) in [6.45, 7) is 0.836. The Balaban J connectivity index is 2.54. The molecule has 0 aliphatic rings. The summed E-state index contributed by atoms with van der Waals surface area (Å²) in [7, 11) is 2.48. The molecule has 0 aliphatic carbocycles. The Labute approximate surface area is 91.8 Å². The molecule has 1 aromatic rings. The quantitative estimate of drug-likeness (QED) is 0.534. The molecule has 5 heteroatoms. The van der Waals surface area contributed by atoms with Crippen LogP contribution in [0.4, 0.5) is 0 Å². The smallest absolute Gasteiger partial charge is 0.377 e. The van der Waals surface area contributed by atoms with Crippen LogP contribution in [0, 0.1) is 0 Å². The van der Waals surface area contributed by atoms with Crippen molar-refractivity contribution in [1.82, 2.24) is 0 Å². The van der Waals surface area contributed by atoms with Gasteiger partial charge in [-0.15, -0.1) is 0 Å². The molecule has 0 aromatic carbocycles. The number of hydrogen-bond donors (Lipinski definition) is 0. The van der Waals surface area contributed by atoms with Gasteiger partial charge in [0.1, 0.15) is 0 Å². The minimum absolute atomic E-state index is 0.769. The fourth-order valence-electron chi connectivity index (χ4n) is 1.41. The highest BCUT2D eigenvalue weighted by Crippen LogP contribution is 2.11. The Hall–Kier alpha value is -0.753. The lowest BCUT2D eigenvalue weighted by Gasteiger charge is -2.22. The van der Waals surface area contributed by atoms with Crippen LogP contribution in [0.2, 0.25) is 6.04 Å². The fourth-order valence-corrected chi connectivity index (χ4v) is 3.05. The van der Waals surface area contributed by atoms with Crippen LogP contribution in [-0.4, -0.2) is 30.1 Å². The molecule has 0 radical (unpaired) electrons. The Kier molecular flexibility index (Phi) is 4.90. The van der Waals surface area contributed by atoms with Crippen LogP contribution in [0.5, 0.6) is 0 Å². The highest BCUT2D eigenvalue weighted by atomic mass is 28.4. The summed E-state index contributed by atoms with van der Waals surface area (Å²) in [5.41, 5.74) is 0. The van der Waals surface area contributed by atoms with Gasteiger partial charge in [-0.2, -0.15) is 0 Å². The van der Waals surface area contributed by atoms with Gasteiger partial charge in [-0.05, 0) is 0 Å². The van der Waals surface area contributed by atoms with E-state index in [9.17, 15) is 0 Å². The zero-order valence-electron chi connectivity index (χ0n) is 9.47. The number of hydrogen-bond acceptors (Lipinski definition) is 3. The van der Waals surface area contributed by atoms with Crippen LogP contribution < -0.4 is 4.57 Å². The molecule has 0 N–H and O–H groups in total. The van der Waals surface area contributed by atoms with Crippen LogP contribution >= 0.6 is 0 Å². The molecular formula is C10H18NO3Si+. The first-order valence-corrected chi connectivity index (χ1v) is 6.79. The average molecular weight is 228 g/mol. The molecular weight excluding hydrogens is 210 g/mol. The summed E-state index contributed by atoms with van der Waals surface area (Å²) in [5.74, 6) is 0. The summed E-state index contributed by atoms with van der Waals surface area (Å²) in [4.78, 5) is 0. The molecule has 4 nitrogen and oxygen atoms in total. The standard InChI is InChI=1S/C10H18NO3Si/c1-12-15(13-2,14-3)10-9-11-7-5-4-6-8-11/h4-8H,9-10H2,1-3H3/q+1. The molecule has 0 saturated heterocycles. The normalized spacial score (nSPS) is 11.7. The lowest BCUT2D eigenvalue weighted by Crippen LogP contribution is -2.47. The maximum atomic E-state index is 5.34. The van der Waals surface area contributed by atoms with Crippen molar-refractivity contribution in [2.24, 2.45) is 0 Å². The molecule has 0 fully saturated rings. The molecule has 84 valence electrons. The highest BCUT2D eigenvalue weighted by molar-refractivity contribution is 6.60. The predicted octanol–water partition coefficient (Wildman–Crippen LogP) is 0.852. The minimum Gasteiger partial charge on any atom is -0.377 e. The maximum absolute atomic E-state index is 5.34. The summed E-state index contributed by atoms with van der Waals surface area (Å²) in [5, 5.41) is 0. The second-order valence-corrected chi connectivity index (χ2v) is 6.25. The van der Waals surface area contributed by atoms with E-state index in [0.29, 0.717) is 0 Å². The SMILES string of the molecule is CO[Si](CC[n+]1ccccc1)(OC)OC. The Morgan fingerprint density at radius 1 is 0.933 bits per heavy atom. The predicted molar refractivity (Wildman–Crippen MR) is 58.2 cm³/mol. The molecule has 1 aromatic heterocycles. The van der Waals surface area contributed by atoms with Gasteiger partial charge in [0.05, 0.1) is 6.04 Å². The third-order valence-corrected chi connectivity index (χ3v) is 5.09. The van der Waals surface area contributed by atoms with Crippen LogP contribution in [0.1, 0.15) is 0 Å². The second-order valence-electron chi connectivity index (χ2n) is 3.16. The minimum atomic E-state index is -2.42. The molecule has 0 unspecified atom stereocenters. The molecule has 0 spiro atoms. The van der Waals surface area contributed by atoms with Crippen LogP contribution in [0.3, 0.4) is 0 Å². The third kappa shape index (κ3) is 3.39. The first-order chi connectivity index (χ1) is 7.26. The van der Waals surface area contributed by atoms with Crippen molar-refractivity contribution >= 4 is 8.80 Å². The van der Waals surface area contributed by atoms with Gasteiger partial charge in [-0.1, -0.05) is 6.07 Å². The van der Waals surface area contributed by atoms with E-state index in [2.05, 4.69) is 4.57 Å². The number of nitrogens with zero attached hydrogens (tertiary/aromatic N) is 1. The summed E-state index contributed by atoms with van der Waals surface area (Å²) in [6.07, 6.45) is 4.03. The maximum Gasteiger partial charge on any atom is 0.506 e. The zero-order chi connectivity index (χ0) is 11.1. The van der Waals surface area contributed by atoms with Crippen LogP contribution in [-0.2, 0) is 19.8 Å². The summed E-state index contributed by atoms with van der Waals surface area (Å²) >= 11 is 0. The van der Waals surface area contributed by atoms with Crippen LogP contribution in [0.15, 0.2) is 30.6 Å². The average Bonchev–Trinajstić information content (AvgIpc) is 2.33.